The molecular formula is C10H12O4P+. The van der Waals surface area contributed by atoms with Crippen molar-refractivity contribution < 1.29 is 19.2 Å². The molecule has 15 heavy (non-hydrogen) atoms. The zero-order chi connectivity index (χ0) is 11.3. The Morgan fingerprint density at radius 1 is 1.47 bits per heavy atom. The van der Waals surface area contributed by atoms with Crippen molar-refractivity contribution in [1.29, 1.82) is 0 Å². The second-order valence-electron chi connectivity index (χ2n) is 2.94. The van der Waals surface area contributed by atoms with Gasteiger partial charge >= 0.3 is 19.4 Å². The van der Waals surface area contributed by atoms with Gasteiger partial charge < -0.3 is 9.84 Å². The van der Waals surface area contributed by atoms with Gasteiger partial charge in [-0.3, -0.25) is 0 Å². The Hall–Kier alpha value is -1.09. The van der Waals surface area contributed by atoms with E-state index in [-0.39, 0.29) is 6.42 Å². The maximum absolute atomic E-state index is 11.4. The van der Waals surface area contributed by atoms with Crippen molar-refractivity contribution in [3.05, 3.63) is 35.9 Å². The fourth-order valence-corrected chi connectivity index (χ4v) is 1.84. The smallest absolute Gasteiger partial charge is 0.328 e. The van der Waals surface area contributed by atoms with Crippen molar-refractivity contribution in [2.24, 2.45) is 0 Å². The molecule has 0 fully saturated rings. The molecule has 0 aromatic heterocycles. The number of aliphatic hydroxyl groups is 1. The third-order valence-corrected chi connectivity index (χ3v) is 3.12. The van der Waals surface area contributed by atoms with Gasteiger partial charge in [0.25, 0.3) is 0 Å². The zero-order valence-corrected chi connectivity index (χ0v) is 9.18. The lowest BCUT2D eigenvalue weighted by Crippen LogP contribution is -2.09. The molecule has 0 aliphatic heterocycles. The van der Waals surface area contributed by atoms with Crippen molar-refractivity contribution in [1.82, 2.24) is 0 Å². The van der Waals surface area contributed by atoms with E-state index in [9.17, 15) is 9.36 Å². The second-order valence-corrected chi connectivity index (χ2v) is 4.54. The Labute approximate surface area is 88.7 Å². The predicted octanol–water partition coefficient (Wildman–Crippen LogP) is 1.51. The SMILES string of the molecule is COC(O)[P+](=O)C(=O)Cc1ccccc1. The van der Waals surface area contributed by atoms with Crippen LogP contribution in [-0.2, 0) is 20.5 Å². The van der Waals surface area contributed by atoms with Crippen LogP contribution in [0.2, 0.25) is 0 Å². The van der Waals surface area contributed by atoms with Crippen molar-refractivity contribution in [2.75, 3.05) is 7.11 Å². The number of aliphatic hydroxyl groups excluding tert-OH is 1. The molecule has 1 rings (SSSR count). The van der Waals surface area contributed by atoms with Crippen LogP contribution in [0.15, 0.2) is 30.3 Å². The average molecular weight is 227 g/mol. The van der Waals surface area contributed by atoms with E-state index in [2.05, 4.69) is 4.74 Å². The van der Waals surface area contributed by atoms with Crippen molar-refractivity contribution in [2.45, 2.75) is 12.5 Å². The molecule has 2 unspecified atom stereocenters. The number of hydrogen-bond donors (Lipinski definition) is 1. The summed E-state index contributed by atoms with van der Waals surface area (Å²) in [5, 5.41) is 9.05. The van der Waals surface area contributed by atoms with E-state index in [1.54, 1.807) is 24.3 Å². The quantitative estimate of drug-likeness (QED) is 0.611. The van der Waals surface area contributed by atoms with E-state index >= 15 is 0 Å². The summed E-state index contributed by atoms with van der Waals surface area (Å²) >= 11 is 0. The van der Waals surface area contributed by atoms with Crippen LogP contribution in [0.25, 0.3) is 0 Å². The number of ether oxygens (including phenoxy) is 1. The van der Waals surface area contributed by atoms with E-state index in [0.717, 1.165) is 5.56 Å². The standard InChI is InChI=1S/C10H12O4P/c1-14-10(12)15(13)9(11)7-8-5-3-2-4-6-8/h2-6,10,12H,7H2,1H3/q+1. The van der Waals surface area contributed by atoms with Crippen molar-refractivity contribution in [3.8, 4) is 0 Å². The maximum atomic E-state index is 11.4. The Kier molecular flexibility index (Phi) is 4.56. The van der Waals surface area contributed by atoms with Gasteiger partial charge in [-0.1, -0.05) is 34.9 Å². The normalized spacial score (nSPS) is 13.3. The van der Waals surface area contributed by atoms with E-state index in [0.29, 0.717) is 0 Å². The fraction of sp³-hybridized carbons (Fsp3) is 0.300. The molecular weight excluding hydrogens is 215 g/mol. The summed E-state index contributed by atoms with van der Waals surface area (Å²) in [7, 11) is -1.18. The summed E-state index contributed by atoms with van der Waals surface area (Å²) in [6, 6.07) is 7.44. The molecule has 1 aromatic rings. The summed E-state index contributed by atoms with van der Waals surface area (Å²) < 4.78 is 15.7. The van der Waals surface area contributed by atoms with Gasteiger partial charge in [0.2, 0.25) is 0 Å². The molecule has 0 amide bonds. The molecule has 2 atom stereocenters. The molecule has 4 nitrogen and oxygen atoms in total. The average Bonchev–Trinajstić information content (AvgIpc) is 2.28. The van der Waals surface area contributed by atoms with Crippen LogP contribution < -0.4 is 0 Å². The molecule has 80 valence electrons. The summed E-state index contributed by atoms with van der Waals surface area (Å²) in [4.78, 5) is 11.4. The van der Waals surface area contributed by atoms with E-state index < -0.39 is 19.4 Å². The summed E-state index contributed by atoms with van der Waals surface area (Å²) in [5.41, 5.74) is 0.264. The first-order valence-electron chi connectivity index (χ1n) is 4.39. The minimum Gasteiger partial charge on any atom is -0.328 e. The highest BCUT2D eigenvalue weighted by atomic mass is 31.1. The van der Waals surface area contributed by atoms with Gasteiger partial charge in [-0.15, -0.1) is 0 Å². The third kappa shape index (κ3) is 3.51. The number of methoxy groups -OCH3 is 1. The molecule has 1 N–H and O–H groups in total. The molecule has 0 bridgehead atoms. The van der Waals surface area contributed by atoms with Crippen LogP contribution in [0.5, 0.6) is 0 Å². The van der Waals surface area contributed by atoms with Crippen LogP contribution in [0.1, 0.15) is 5.56 Å². The summed E-state index contributed by atoms with van der Waals surface area (Å²) in [6.45, 7) is 0. The largest absolute Gasteiger partial charge is 0.477 e. The summed E-state index contributed by atoms with van der Waals surface area (Å²) in [6.07, 6.45) is 0.0520. The van der Waals surface area contributed by atoms with Crippen LogP contribution in [-0.4, -0.2) is 23.8 Å². The van der Waals surface area contributed by atoms with Gasteiger partial charge in [0.05, 0.1) is 6.42 Å². The molecule has 1 aromatic carbocycles. The Bertz CT molecular complexity index is 350. The number of benzene rings is 1. The molecule has 0 spiro atoms. The molecule has 0 heterocycles. The molecule has 5 heteroatoms. The Morgan fingerprint density at radius 2 is 2.07 bits per heavy atom. The highest BCUT2D eigenvalue weighted by Crippen LogP contribution is 2.29. The van der Waals surface area contributed by atoms with Crippen LogP contribution in [0, 0.1) is 0 Å². The predicted molar refractivity (Wildman–Crippen MR) is 55.8 cm³/mol. The number of hydrogen-bond acceptors (Lipinski definition) is 4. The molecule has 0 radical (unpaired) electrons. The minimum atomic E-state index is -2.38. The van der Waals surface area contributed by atoms with Gasteiger partial charge in [0.15, 0.2) is 0 Å². The Balaban J connectivity index is 2.60. The highest BCUT2D eigenvalue weighted by Gasteiger charge is 2.37. The first-order chi connectivity index (χ1) is 7.15. The fourth-order valence-electron chi connectivity index (χ4n) is 1.07. The van der Waals surface area contributed by atoms with Gasteiger partial charge in [-0.2, -0.15) is 0 Å². The second kappa shape index (κ2) is 5.71. The minimum absolute atomic E-state index is 0.0520. The topological polar surface area (TPSA) is 63.6 Å². The molecule has 0 saturated heterocycles. The van der Waals surface area contributed by atoms with Gasteiger partial charge in [-0.05, 0) is 5.56 Å². The number of carbonyl (C=O) groups is 1. The lowest BCUT2D eigenvalue weighted by atomic mass is 10.2. The number of rotatable bonds is 5. The van der Waals surface area contributed by atoms with E-state index in [1.807, 2.05) is 6.07 Å². The first-order valence-corrected chi connectivity index (χ1v) is 5.72. The van der Waals surface area contributed by atoms with Crippen LogP contribution in [0.4, 0.5) is 0 Å². The lowest BCUT2D eigenvalue weighted by molar-refractivity contribution is -0.112. The first kappa shape index (κ1) is 12.0. The van der Waals surface area contributed by atoms with E-state index in [4.69, 9.17) is 5.11 Å². The van der Waals surface area contributed by atoms with Crippen LogP contribution in [0.3, 0.4) is 0 Å². The zero-order valence-electron chi connectivity index (χ0n) is 8.29. The van der Waals surface area contributed by atoms with Gasteiger partial charge in [0.1, 0.15) is 0 Å². The van der Waals surface area contributed by atoms with Crippen molar-refractivity contribution in [3.63, 3.8) is 0 Å². The molecule has 0 aliphatic rings. The van der Waals surface area contributed by atoms with E-state index in [1.165, 1.54) is 7.11 Å². The number of carbonyl (C=O) groups excluding carboxylic acids is 1. The molecule has 0 saturated carbocycles. The van der Waals surface area contributed by atoms with Crippen LogP contribution >= 0.6 is 7.80 Å². The third-order valence-electron chi connectivity index (χ3n) is 1.86. The van der Waals surface area contributed by atoms with Gasteiger partial charge in [-0.25, -0.2) is 4.79 Å². The monoisotopic (exact) mass is 227 g/mol. The lowest BCUT2D eigenvalue weighted by Gasteiger charge is -1.96. The van der Waals surface area contributed by atoms with Crippen molar-refractivity contribution >= 4 is 13.3 Å². The van der Waals surface area contributed by atoms with Gasteiger partial charge in [0, 0.05) is 7.11 Å². The molecule has 0 aliphatic carbocycles. The highest BCUT2D eigenvalue weighted by molar-refractivity contribution is 7.63. The maximum Gasteiger partial charge on any atom is 0.477 e. The summed E-state index contributed by atoms with van der Waals surface area (Å²) in [5.74, 6) is 0. The Morgan fingerprint density at radius 3 is 2.60 bits per heavy atom.